The number of nitrogens with zero attached hydrogens (tertiary/aromatic N) is 8. The highest BCUT2D eigenvalue weighted by Gasteiger charge is 2.34. The van der Waals surface area contributed by atoms with E-state index in [0.717, 1.165) is 44.5 Å². The van der Waals surface area contributed by atoms with Gasteiger partial charge in [-0.15, -0.1) is 0 Å². The number of aromatic nitrogens is 6. The number of likely N-dealkylation sites (N-methyl/N-ethyl adjacent to an activating group) is 2. The first-order valence-corrected chi connectivity index (χ1v) is 25.2. The molecule has 0 saturated heterocycles. The number of hydrogen-bond donors (Lipinski definition) is 2. The SMILES string of the molecule is Cc1c(COc2cc(OCc3ccc(-n4cccn4)nc3)c(CN(C)C(C)(C)C(=O)O)cc2Cl)cccc1-c1cccc(COc2cc(OCc3ccc(-n4cccn4)nc3)c(CN(C)C(C)(C)C(=O)O)cc2Cl)c1C. The first kappa shape index (κ1) is 54.5. The van der Waals surface area contributed by atoms with E-state index in [2.05, 4.69) is 46.1 Å². The number of carboxylic acids is 2. The highest BCUT2D eigenvalue weighted by Crippen LogP contribution is 2.39. The highest BCUT2D eigenvalue weighted by molar-refractivity contribution is 6.32. The molecule has 0 aliphatic carbocycles. The zero-order chi connectivity index (χ0) is 54.3. The molecule has 0 unspecified atom stereocenters. The molecule has 8 aromatic rings. The number of carbonyl (C=O) groups is 2. The summed E-state index contributed by atoms with van der Waals surface area (Å²) >= 11 is 13.9. The quantitative estimate of drug-likeness (QED) is 0.0618. The van der Waals surface area contributed by atoms with Crippen molar-refractivity contribution >= 4 is 35.1 Å². The van der Waals surface area contributed by atoms with Crippen molar-refractivity contribution in [2.45, 2.75) is 92.1 Å². The van der Waals surface area contributed by atoms with E-state index in [9.17, 15) is 19.8 Å². The van der Waals surface area contributed by atoms with Gasteiger partial charge in [0.15, 0.2) is 11.6 Å². The third-order valence-electron chi connectivity index (χ3n) is 13.8. The van der Waals surface area contributed by atoms with Crippen molar-refractivity contribution in [3.63, 3.8) is 0 Å². The summed E-state index contributed by atoms with van der Waals surface area (Å²) < 4.78 is 29.1. The van der Waals surface area contributed by atoms with Gasteiger partial charge in [-0.05, 0) is 125 Å². The summed E-state index contributed by atoms with van der Waals surface area (Å²) in [6.07, 6.45) is 10.5. The van der Waals surface area contributed by atoms with Gasteiger partial charge in [-0.2, -0.15) is 10.2 Å². The average molecular weight is 1070 g/mol. The van der Waals surface area contributed by atoms with Gasteiger partial charge in [0.2, 0.25) is 0 Å². The Balaban J connectivity index is 0.996. The van der Waals surface area contributed by atoms with Crippen molar-refractivity contribution in [2.24, 2.45) is 0 Å². The zero-order valence-corrected chi connectivity index (χ0v) is 45.1. The normalized spacial score (nSPS) is 11.8. The summed E-state index contributed by atoms with van der Waals surface area (Å²) in [6, 6.07) is 30.4. The lowest BCUT2D eigenvalue weighted by atomic mass is 9.92. The van der Waals surface area contributed by atoms with Crippen LogP contribution in [0.25, 0.3) is 22.8 Å². The zero-order valence-electron chi connectivity index (χ0n) is 43.6. The van der Waals surface area contributed by atoms with E-state index in [1.54, 1.807) is 110 Å². The highest BCUT2D eigenvalue weighted by atomic mass is 35.5. The van der Waals surface area contributed by atoms with Crippen LogP contribution < -0.4 is 18.9 Å². The van der Waals surface area contributed by atoms with E-state index in [4.69, 9.17) is 42.1 Å². The van der Waals surface area contributed by atoms with Gasteiger partial charge in [0, 0.05) is 84.7 Å². The molecule has 0 aliphatic heterocycles. The van der Waals surface area contributed by atoms with Gasteiger partial charge in [-0.25, -0.2) is 19.3 Å². The number of pyridine rings is 2. The van der Waals surface area contributed by atoms with Gasteiger partial charge >= 0.3 is 11.9 Å². The van der Waals surface area contributed by atoms with Gasteiger partial charge in [0.1, 0.15) is 60.5 Å². The number of halogens is 2. The summed E-state index contributed by atoms with van der Waals surface area (Å²) in [5.74, 6) is 1.20. The lowest BCUT2D eigenvalue weighted by molar-refractivity contribution is -0.149. The maximum atomic E-state index is 12.2. The van der Waals surface area contributed by atoms with Crippen molar-refractivity contribution in [1.29, 1.82) is 0 Å². The molecule has 0 fully saturated rings. The second kappa shape index (κ2) is 23.4. The summed E-state index contributed by atoms with van der Waals surface area (Å²) in [5, 5.41) is 29.1. The van der Waals surface area contributed by atoms with Crippen LogP contribution in [0.5, 0.6) is 23.0 Å². The molecular weight excluding hydrogens is 1010 g/mol. The second-order valence-corrected chi connectivity index (χ2v) is 20.3. The predicted molar refractivity (Wildman–Crippen MR) is 291 cm³/mol. The average Bonchev–Trinajstić information content (AvgIpc) is 4.16. The molecule has 2 N–H and O–H groups in total. The number of rotatable bonds is 23. The summed E-state index contributed by atoms with van der Waals surface area (Å²) in [7, 11) is 3.49. The van der Waals surface area contributed by atoms with Gasteiger partial charge in [-0.1, -0.05) is 71.7 Å². The van der Waals surface area contributed by atoms with Crippen molar-refractivity contribution in [3.8, 4) is 45.8 Å². The van der Waals surface area contributed by atoms with Crippen LogP contribution in [0.4, 0.5) is 0 Å². The molecule has 0 atom stereocenters. The van der Waals surface area contributed by atoms with Crippen LogP contribution in [0.2, 0.25) is 10.0 Å². The number of hydrogen-bond acceptors (Lipinski definition) is 12. The predicted octanol–water partition coefficient (Wildman–Crippen LogP) is 11.3. The monoisotopic (exact) mass is 1070 g/mol. The van der Waals surface area contributed by atoms with Crippen LogP contribution in [0.1, 0.15) is 72.2 Å². The molecule has 4 heterocycles. The van der Waals surface area contributed by atoms with Crippen molar-refractivity contribution in [1.82, 2.24) is 39.3 Å². The molecule has 8 rings (SSSR count). The fourth-order valence-electron chi connectivity index (χ4n) is 8.10. The Morgan fingerprint density at radius 1 is 0.539 bits per heavy atom. The first-order chi connectivity index (χ1) is 36.3. The van der Waals surface area contributed by atoms with Gasteiger partial charge in [0.25, 0.3) is 0 Å². The maximum absolute atomic E-state index is 12.2. The molecule has 0 spiro atoms. The molecule has 16 nitrogen and oxygen atoms in total. The van der Waals surface area contributed by atoms with Crippen LogP contribution in [0, 0.1) is 13.8 Å². The Hall–Kier alpha value is -7.76. The molecule has 0 saturated carbocycles. The van der Waals surface area contributed by atoms with Crippen LogP contribution in [0.15, 0.2) is 134 Å². The Morgan fingerprint density at radius 3 is 1.28 bits per heavy atom. The molecule has 76 heavy (non-hydrogen) atoms. The first-order valence-electron chi connectivity index (χ1n) is 24.4. The lowest BCUT2D eigenvalue weighted by Gasteiger charge is -2.32. The van der Waals surface area contributed by atoms with E-state index in [1.165, 1.54) is 0 Å². The van der Waals surface area contributed by atoms with Crippen molar-refractivity contribution < 1.29 is 38.7 Å². The Labute approximate surface area is 452 Å². The smallest absolute Gasteiger partial charge is 0.323 e. The van der Waals surface area contributed by atoms with Crippen molar-refractivity contribution in [2.75, 3.05) is 14.1 Å². The minimum Gasteiger partial charge on any atom is -0.488 e. The molecule has 18 heteroatoms. The fraction of sp³-hybridized carbons (Fsp3) is 0.276. The molecule has 394 valence electrons. The Bertz CT molecular complexity index is 3090. The van der Waals surface area contributed by atoms with Crippen molar-refractivity contribution in [3.05, 3.63) is 189 Å². The number of benzene rings is 4. The number of aliphatic carboxylic acids is 2. The second-order valence-electron chi connectivity index (χ2n) is 19.5. The van der Waals surface area contributed by atoms with E-state index >= 15 is 0 Å². The Kier molecular flexibility index (Phi) is 16.8. The molecule has 0 aliphatic rings. The largest absolute Gasteiger partial charge is 0.488 e. The van der Waals surface area contributed by atoms with E-state index < -0.39 is 23.0 Å². The van der Waals surface area contributed by atoms with Gasteiger partial charge in [-0.3, -0.25) is 19.4 Å². The molecule has 0 amide bonds. The minimum absolute atomic E-state index is 0.181. The van der Waals surface area contributed by atoms with E-state index in [0.29, 0.717) is 55.8 Å². The number of ether oxygens (including phenoxy) is 4. The summed E-state index contributed by atoms with van der Waals surface area (Å²) in [4.78, 5) is 36.9. The standard InChI is InChI=1S/C58H60Cl2N8O8/c1-37-41(35-75-51-27-49(43(25-47(51)59)31-65(7)57(3,4)55(69)70)73-33-39-17-19-53(61-29-39)67-23-11-21-63-67)13-9-15-45(37)46-16-10-14-42(38(46)2)36-76-52-28-50(44(26-48(52)60)32-66(8)58(5,6)56(71)72)74-34-40-18-20-54(62-30-40)68-24-12-22-64-68/h9-30H,31-36H2,1-8H3,(H,69,70)(H,71,72). The van der Waals surface area contributed by atoms with Gasteiger partial charge < -0.3 is 29.2 Å². The lowest BCUT2D eigenvalue weighted by Crippen LogP contribution is -2.47. The summed E-state index contributed by atoms with van der Waals surface area (Å²) in [6.45, 7) is 11.9. The third-order valence-corrected chi connectivity index (χ3v) is 14.4. The van der Waals surface area contributed by atoms with Crippen LogP contribution in [-0.4, -0.2) is 86.7 Å². The molecule has 0 radical (unpaired) electrons. The minimum atomic E-state index is -1.17. The molecule has 4 aromatic heterocycles. The van der Waals surface area contributed by atoms with Gasteiger partial charge in [0.05, 0.1) is 10.0 Å². The van der Waals surface area contributed by atoms with Crippen LogP contribution >= 0.6 is 23.2 Å². The molecule has 4 aromatic carbocycles. The van der Waals surface area contributed by atoms with Crippen LogP contribution in [-0.2, 0) is 49.1 Å². The van der Waals surface area contributed by atoms with Crippen LogP contribution in [0.3, 0.4) is 0 Å². The topological polar surface area (TPSA) is 179 Å². The molecular formula is C58H60Cl2N8O8. The van der Waals surface area contributed by atoms with E-state index in [-0.39, 0.29) is 39.5 Å². The fourth-order valence-corrected chi connectivity index (χ4v) is 8.58. The molecule has 0 bridgehead atoms. The van der Waals surface area contributed by atoms with E-state index in [1.807, 2.05) is 73.1 Å². The number of carboxylic acid groups (broad SMARTS) is 2. The maximum Gasteiger partial charge on any atom is 0.323 e. The third kappa shape index (κ3) is 12.5. The summed E-state index contributed by atoms with van der Waals surface area (Å²) in [5.41, 5.74) is 6.60. The Morgan fingerprint density at radius 2 is 0.934 bits per heavy atom.